The van der Waals surface area contributed by atoms with E-state index in [0.717, 1.165) is 22.9 Å². The van der Waals surface area contributed by atoms with E-state index in [1.165, 1.54) is 0 Å². The molecule has 1 aromatic carbocycles. The maximum Gasteiger partial charge on any atom is 0.309 e. The van der Waals surface area contributed by atoms with Gasteiger partial charge in [0.15, 0.2) is 0 Å². The van der Waals surface area contributed by atoms with Gasteiger partial charge in [-0.15, -0.1) is 0 Å². The molecule has 1 aliphatic carbocycles. The van der Waals surface area contributed by atoms with Gasteiger partial charge in [-0.25, -0.2) is 0 Å². The number of benzene rings is 1. The predicted octanol–water partition coefficient (Wildman–Crippen LogP) is 3.46. The summed E-state index contributed by atoms with van der Waals surface area (Å²) in [4.78, 5) is 11.4. The minimum atomic E-state index is -0.147. The molecule has 80 valence electrons. The number of rotatable bonds is 3. The molecule has 0 bridgehead atoms. The summed E-state index contributed by atoms with van der Waals surface area (Å²) in [5.74, 6) is 0.119. The lowest BCUT2D eigenvalue weighted by Crippen LogP contribution is -2.10. The van der Waals surface area contributed by atoms with Crippen molar-refractivity contribution in [1.29, 1.82) is 0 Å². The Morgan fingerprint density at radius 1 is 1.40 bits per heavy atom. The first-order valence-corrected chi connectivity index (χ1v) is 5.92. The van der Waals surface area contributed by atoms with E-state index >= 15 is 0 Å². The van der Waals surface area contributed by atoms with Gasteiger partial charge in [0.2, 0.25) is 0 Å². The highest BCUT2D eigenvalue weighted by atomic mass is 79.9. The molecular formula is C12H13BrO2. The number of halogens is 1. The minimum absolute atomic E-state index is 0.0505. The van der Waals surface area contributed by atoms with Crippen LogP contribution < -0.4 is 0 Å². The molecule has 0 aromatic heterocycles. The van der Waals surface area contributed by atoms with Crippen molar-refractivity contribution in [2.75, 3.05) is 0 Å². The molecule has 0 N–H and O–H groups in total. The molecule has 1 unspecified atom stereocenters. The minimum Gasteiger partial charge on any atom is -0.458 e. The maximum absolute atomic E-state index is 11.4. The molecule has 0 heterocycles. The maximum atomic E-state index is 11.4. The van der Waals surface area contributed by atoms with Crippen molar-refractivity contribution in [3.63, 3.8) is 0 Å². The van der Waals surface area contributed by atoms with E-state index < -0.39 is 0 Å². The Labute approximate surface area is 97.8 Å². The Kier molecular flexibility index (Phi) is 3.10. The van der Waals surface area contributed by atoms with Crippen molar-refractivity contribution in [3.05, 3.63) is 34.3 Å². The van der Waals surface area contributed by atoms with Crippen LogP contribution in [-0.2, 0) is 9.53 Å². The highest BCUT2D eigenvalue weighted by Gasteiger charge is 2.32. The van der Waals surface area contributed by atoms with Crippen molar-refractivity contribution >= 4 is 21.9 Å². The number of hydrogen-bond acceptors (Lipinski definition) is 2. The van der Waals surface area contributed by atoms with E-state index in [1.807, 2.05) is 31.2 Å². The largest absolute Gasteiger partial charge is 0.458 e. The lowest BCUT2D eigenvalue weighted by Gasteiger charge is -2.13. The van der Waals surface area contributed by atoms with Gasteiger partial charge in [-0.3, -0.25) is 4.79 Å². The molecule has 2 rings (SSSR count). The smallest absolute Gasteiger partial charge is 0.309 e. The predicted molar refractivity (Wildman–Crippen MR) is 61.4 cm³/mol. The van der Waals surface area contributed by atoms with Gasteiger partial charge >= 0.3 is 5.97 Å². The van der Waals surface area contributed by atoms with Gasteiger partial charge in [-0.2, -0.15) is 0 Å². The Morgan fingerprint density at radius 2 is 2.00 bits per heavy atom. The first kappa shape index (κ1) is 10.7. The summed E-state index contributed by atoms with van der Waals surface area (Å²) in [6, 6.07) is 7.84. The molecule has 15 heavy (non-hydrogen) atoms. The monoisotopic (exact) mass is 268 g/mol. The van der Waals surface area contributed by atoms with Crippen molar-refractivity contribution in [3.8, 4) is 0 Å². The molecule has 1 atom stereocenters. The summed E-state index contributed by atoms with van der Waals surface area (Å²) >= 11 is 3.37. The lowest BCUT2D eigenvalue weighted by atomic mass is 10.1. The van der Waals surface area contributed by atoms with Crippen LogP contribution in [0.3, 0.4) is 0 Å². The van der Waals surface area contributed by atoms with Gasteiger partial charge in [-0.1, -0.05) is 28.1 Å². The van der Waals surface area contributed by atoms with E-state index in [-0.39, 0.29) is 18.0 Å². The third-order valence-electron chi connectivity index (χ3n) is 2.54. The number of esters is 1. The first-order chi connectivity index (χ1) is 7.16. The normalized spacial score (nSPS) is 17.2. The fourth-order valence-corrected chi connectivity index (χ4v) is 1.66. The summed E-state index contributed by atoms with van der Waals surface area (Å²) in [6.45, 7) is 1.91. The zero-order valence-corrected chi connectivity index (χ0v) is 10.2. The summed E-state index contributed by atoms with van der Waals surface area (Å²) in [7, 11) is 0. The molecule has 1 saturated carbocycles. The van der Waals surface area contributed by atoms with Crippen LogP contribution in [0.15, 0.2) is 28.7 Å². The molecular weight excluding hydrogens is 256 g/mol. The second-order valence-corrected chi connectivity index (χ2v) is 4.82. The van der Waals surface area contributed by atoms with Crippen molar-refractivity contribution in [2.24, 2.45) is 5.92 Å². The summed E-state index contributed by atoms with van der Waals surface area (Å²) in [5, 5.41) is 0. The quantitative estimate of drug-likeness (QED) is 0.785. The Bertz CT molecular complexity index is 354. The zero-order valence-electron chi connectivity index (χ0n) is 8.57. The Hall–Kier alpha value is -0.830. The third kappa shape index (κ3) is 2.81. The van der Waals surface area contributed by atoms with Gasteiger partial charge in [0, 0.05) is 4.47 Å². The second-order valence-electron chi connectivity index (χ2n) is 3.90. The van der Waals surface area contributed by atoms with Crippen LogP contribution in [0.1, 0.15) is 31.4 Å². The molecule has 2 nitrogen and oxygen atoms in total. The zero-order chi connectivity index (χ0) is 10.8. The van der Waals surface area contributed by atoms with E-state index in [2.05, 4.69) is 15.9 Å². The van der Waals surface area contributed by atoms with Crippen molar-refractivity contribution < 1.29 is 9.53 Å². The van der Waals surface area contributed by atoms with Gasteiger partial charge in [0.05, 0.1) is 5.92 Å². The number of carbonyl (C=O) groups excluding carboxylic acids is 1. The third-order valence-corrected chi connectivity index (χ3v) is 3.07. The lowest BCUT2D eigenvalue weighted by molar-refractivity contribution is -0.150. The molecule has 1 aromatic rings. The van der Waals surface area contributed by atoms with Crippen molar-refractivity contribution in [2.45, 2.75) is 25.9 Å². The fourth-order valence-electron chi connectivity index (χ4n) is 1.39. The van der Waals surface area contributed by atoms with E-state index in [4.69, 9.17) is 4.74 Å². The summed E-state index contributed by atoms with van der Waals surface area (Å²) in [5.41, 5.74) is 1.03. The topological polar surface area (TPSA) is 26.3 Å². The fraction of sp³-hybridized carbons (Fsp3) is 0.417. The van der Waals surface area contributed by atoms with Crippen molar-refractivity contribution in [1.82, 2.24) is 0 Å². The van der Waals surface area contributed by atoms with Crippen LogP contribution >= 0.6 is 15.9 Å². The molecule has 0 saturated heterocycles. The van der Waals surface area contributed by atoms with E-state index in [0.29, 0.717) is 0 Å². The average Bonchev–Trinajstić information content (AvgIpc) is 3.01. The van der Waals surface area contributed by atoms with Crippen LogP contribution in [0.2, 0.25) is 0 Å². The van der Waals surface area contributed by atoms with Crippen LogP contribution in [0.4, 0.5) is 0 Å². The standard InChI is InChI=1S/C12H13BrO2/c1-8(15-12(14)10-2-3-10)9-4-6-11(13)7-5-9/h4-8,10H,2-3H2,1H3. The summed E-state index contributed by atoms with van der Waals surface area (Å²) < 4.78 is 6.38. The Morgan fingerprint density at radius 3 is 2.53 bits per heavy atom. The van der Waals surface area contributed by atoms with Gasteiger partial charge in [-0.05, 0) is 37.5 Å². The van der Waals surface area contributed by atoms with Crippen LogP contribution in [0.5, 0.6) is 0 Å². The molecule has 3 heteroatoms. The van der Waals surface area contributed by atoms with E-state index in [9.17, 15) is 4.79 Å². The average molecular weight is 269 g/mol. The van der Waals surface area contributed by atoms with E-state index in [1.54, 1.807) is 0 Å². The van der Waals surface area contributed by atoms with Crippen LogP contribution in [0, 0.1) is 5.92 Å². The molecule has 0 aliphatic heterocycles. The van der Waals surface area contributed by atoms with Gasteiger partial charge in [0.1, 0.15) is 6.10 Å². The van der Waals surface area contributed by atoms with Gasteiger partial charge in [0.25, 0.3) is 0 Å². The molecule has 0 radical (unpaired) electrons. The van der Waals surface area contributed by atoms with Gasteiger partial charge < -0.3 is 4.74 Å². The highest BCUT2D eigenvalue weighted by molar-refractivity contribution is 9.10. The summed E-state index contributed by atoms with van der Waals surface area (Å²) in [6.07, 6.45) is 1.84. The molecule has 0 amide bonds. The first-order valence-electron chi connectivity index (χ1n) is 5.13. The van der Waals surface area contributed by atoms with Crippen LogP contribution in [-0.4, -0.2) is 5.97 Å². The van der Waals surface area contributed by atoms with Crippen LogP contribution in [0.25, 0.3) is 0 Å². The number of carbonyl (C=O) groups is 1. The highest BCUT2D eigenvalue weighted by Crippen LogP contribution is 2.32. The number of hydrogen-bond donors (Lipinski definition) is 0. The Balaban J connectivity index is 1.97. The molecule has 1 fully saturated rings. The SMILES string of the molecule is CC(OC(=O)C1CC1)c1ccc(Br)cc1. The molecule has 0 spiro atoms. The molecule has 1 aliphatic rings. The second kappa shape index (κ2) is 4.35. The number of ether oxygens (including phenoxy) is 1.